The fraction of sp³-hybridized carbons (Fsp3) is 0.294. The van der Waals surface area contributed by atoms with E-state index in [2.05, 4.69) is 27.7 Å². The van der Waals surface area contributed by atoms with E-state index in [1.807, 2.05) is 36.4 Å². The topological polar surface area (TPSA) is 50.7 Å². The molecule has 22 heavy (non-hydrogen) atoms. The number of nitrogens with one attached hydrogen (secondary N) is 1. The van der Waals surface area contributed by atoms with Crippen molar-refractivity contribution in [3.05, 3.63) is 42.0 Å². The van der Waals surface area contributed by atoms with E-state index in [4.69, 9.17) is 4.74 Å². The first kappa shape index (κ1) is 14.7. The summed E-state index contributed by atoms with van der Waals surface area (Å²) in [6.45, 7) is 0. The number of thiocarbonyl (C=S) groups is 1. The Morgan fingerprint density at radius 1 is 1.27 bits per heavy atom. The van der Waals surface area contributed by atoms with Gasteiger partial charge in [0.25, 0.3) is 5.91 Å². The number of ether oxygens (including phenoxy) is 1. The molecule has 0 heterocycles. The van der Waals surface area contributed by atoms with Crippen molar-refractivity contribution in [2.75, 3.05) is 7.11 Å². The van der Waals surface area contributed by atoms with Crippen LogP contribution >= 0.6 is 12.2 Å². The second kappa shape index (κ2) is 6.26. The SMILES string of the molecule is COc1ccc2cc(C(=O)NC3CC(N=C=S)C3)ccc2c1. The molecule has 1 saturated carbocycles. The Bertz CT molecular complexity index is 762. The van der Waals surface area contributed by atoms with Gasteiger partial charge in [0.2, 0.25) is 0 Å². The first-order chi connectivity index (χ1) is 10.7. The minimum absolute atomic E-state index is 0.0486. The van der Waals surface area contributed by atoms with Crippen LogP contribution in [0.1, 0.15) is 23.2 Å². The minimum Gasteiger partial charge on any atom is -0.497 e. The highest BCUT2D eigenvalue weighted by molar-refractivity contribution is 7.78. The lowest BCUT2D eigenvalue weighted by molar-refractivity contribution is 0.0911. The normalized spacial score (nSPS) is 19.9. The van der Waals surface area contributed by atoms with Gasteiger partial charge < -0.3 is 10.1 Å². The minimum atomic E-state index is -0.0486. The fourth-order valence-corrected chi connectivity index (χ4v) is 2.80. The summed E-state index contributed by atoms with van der Waals surface area (Å²) in [5, 5.41) is 7.48. The molecule has 1 fully saturated rings. The van der Waals surface area contributed by atoms with E-state index < -0.39 is 0 Å². The Labute approximate surface area is 134 Å². The summed E-state index contributed by atoms with van der Waals surface area (Å²) in [5.74, 6) is 0.761. The molecule has 0 radical (unpaired) electrons. The second-order valence-electron chi connectivity index (χ2n) is 5.44. The number of nitrogens with zero attached hydrogens (tertiary/aromatic N) is 1. The van der Waals surface area contributed by atoms with E-state index in [0.717, 1.165) is 29.4 Å². The summed E-state index contributed by atoms with van der Waals surface area (Å²) >= 11 is 4.58. The zero-order valence-electron chi connectivity index (χ0n) is 12.2. The molecule has 2 aromatic carbocycles. The van der Waals surface area contributed by atoms with Crippen molar-refractivity contribution in [1.29, 1.82) is 0 Å². The Morgan fingerprint density at radius 2 is 2.00 bits per heavy atom. The van der Waals surface area contributed by atoms with Crippen LogP contribution in [0.5, 0.6) is 5.75 Å². The molecular weight excluding hydrogens is 296 g/mol. The van der Waals surface area contributed by atoms with Crippen molar-refractivity contribution in [2.45, 2.75) is 24.9 Å². The lowest BCUT2D eigenvalue weighted by Gasteiger charge is -2.32. The molecule has 0 saturated heterocycles. The average Bonchev–Trinajstić information content (AvgIpc) is 2.51. The van der Waals surface area contributed by atoms with Crippen molar-refractivity contribution in [1.82, 2.24) is 5.32 Å². The smallest absolute Gasteiger partial charge is 0.251 e. The zero-order valence-corrected chi connectivity index (χ0v) is 13.0. The highest BCUT2D eigenvalue weighted by Gasteiger charge is 2.30. The number of benzene rings is 2. The predicted molar refractivity (Wildman–Crippen MR) is 89.8 cm³/mol. The number of aliphatic imine (C=N–C) groups is 1. The highest BCUT2D eigenvalue weighted by atomic mass is 32.1. The number of hydrogen-bond donors (Lipinski definition) is 1. The third kappa shape index (κ3) is 3.01. The Balaban J connectivity index is 1.70. The fourth-order valence-electron chi connectivity index (χ4n) is 2.65. The van der Waals surface area contributed by atoms with Gasteiger partial charge in [0, 0.05) is 11.6 Å². The van der Waals surface area contributed by atoms with Gasteiger partial charge in [-0.2, -0.15) is 0 Å². The predicted octanol–water partition coefficient (Wildman–Crippen LogP) is 3.21. The van der Waals surface area contributed by atoms with Gasteiger partial charge in [-0.1, -0.05) is 12.1 Å². The van der Waals surface area contributed by atoms with Gasteiger partial charge in [-0.05, 0) is 60.1 Å². The molecule has 1 N–H and O–H groups in total. The van der Waals surface area contributed by atoms with Crippen molar-refractivity contribution in [3.8, 4) is 5.75 Å². The molecular formula is C17H16N2O2S. The van der Waals surface area contributed by atoms with E-state index in [1.54, 1.807) is 7.11 Å². The molecule has 112 valence electrons. The second-order valence-corrected chi connectivity index (χ2v) is 5.63. The van der Waals surface area contributed by atoms with E-state index >= 15 is 0 Å². The van der Waals surface area contributed by atoms with E-state index in [-0.39, 0.29) is 18.0 Å². The van der Waals surface area contributed by atoms with Crippen molar-refractivity contribution >= 4 is 34.1 Å². The lowest BCUT2D eigenvalue weighted by atomic mass is 9.87. The third-order valence-corrected chi connectivity index (χ3v) is 4.10. The molecule has 0 aromatic heterocycles. The van der Waals surface area contributed by atoms with Gasteiger partial charge in [0.05, 0.1) is 18.3 Å². The average molecular weight is 312 g/mol. The summed E-state index contributed by atoms with van der Waals surface area (Å²) in [4.78, 5) is 16.3. The number of rotatable bonds is 4. The summed E-state index contributed by atoms with van der Waals surface area (Å²) in [6, 6.07) is 11.9. The number of carbonyl (C=O) groups excluding carboxylic acids is 1. The lowest BCUT2D eigenvalue weighted by Crippen LogP contribution is -2.46. The molecule has 2 aromatic rings. The maximum atomic E-state index is 12.3. The molecule has 1 amide bonds. The van der Waals surface area contributed by atoms with Crippen LogP contribution in [0, 0.1) is 0 Å². The van der Waals surface area contributed by atoms with Gasteiger partial charge in [-0.25, -0.2) is 4.99 Å². The number of fused-ring (bicyclic) bond motifs is 1. The molecule has 0 aliphatic heterocycles. The van der Waals surface area contributed by atoms with Crippen LogP contribution in [0.2, 0.25) is 0 Å². The van der Waals surface area contributed by atoms with Crippen LogP contribution in [0.15, 0.2) is 41.4 Å². The standard InChI is InChI=1S/C17H16N2O2S/c1-21-16-5-4-11-6-13(3-2-12(11)7-16)17(20)19-15-8-14(9-15)18-10-22/h2-7,14-15H,8-9H2,1H3,(H,19,20). The van der Waals surface area contributed by atoms with Gasteiger partial charge in [0.15, 0.2) is 0 Å². The van der Waals surface area contributed by atoms with Crippen molar-refractivity contribution < 1.29 is 9.53 Å². The van der Waals surface area contributed by atoms with E-state index in [9.17, 15) is 4.79 Å². The molecule has 0 unspecified atom stereocenters. The molecule has 0 atom stereocenters. The van der Waals surface area contributed by atoms with Crippen molar-refractivity contribution in [3.63, 3.8) is 0 Å². The summed E-state index contributed by atoms with van der Waals surface area (Å²) < 4.78 is 5.20. The monoisotopic (exact) mass is 312 g/mol. The van der Waals surface area contributed by atoms with Gasteiger partial charge >= 0.3 is 0 Å². The van der Waals surface area contributed by atoms with E-state index in [1.165, 1.54) is 0 Å². The summed E-state index contributed by atoms with van der Waals surface area (Å²) in [5.41, 5.74) is 0.666. The van der Waals surface area contributed by atoms with Gasteiger partial charge in [-0.3, -0.25) is 4.79 Å². The van der Waals surface area contributed by atoms with Crippen LogP contribution in [0.25, 0.3) is 10.8 Å². The quantitative estimate of drug-likeness (QED) is 0.696. The number of amides is 1. The Kier molecular flexibility index (Phi) is 4.18. The maximum absolute atomic E-state index is 12.3. The molecule has 5 heteroatoms. The van der Waals surface area contributed by atoms with Crippen LogP contribution in [0.3, 0.4) is 0 Å². The maximum Gasteiger partial charge on any atom is 0.251 e. The zero-order chi connectivity index (χ0) is 15.5. The number of isothiocyanates is 1. The third-order valence-electron chi connectivity index (χ3n) is 3.99. The highest BCUT2D eigenvalue weighted by Crippen LogP contribution is 2.24. The van der Waals surface area contributed by atoms with Gasteiger partial charge in [-0.15, -0.1) is 0 Å². The van der Waals surface area contributed by atoms with Crippen LogP contribution in [-0.2, 0) is 0 Å². The molecule has 3 rings (SSSR count). The number of carbonyl (C=O) groups is 1. The molecule has 0 bridgehead atoms. The summed E-state index contributed by atoms with van der Waals surface area (Å²) in [7, 11) is 1.64. The van der Waals surface area contributed by atoms with Crippen LogP contribution in [0.4, 0.5) is 0 Å². The largest absolute Gasteiger partial charge is 0.497 e. The van der Waals surface area contributed by atoms with Crippen LogP contribution < -0.4 is 10.1 Å². The molecule has 1 aliphatic rings. The Morgan fingerprint density at radius 3 is 2.73 bits per heavy atom. The van der Waals surface area contributed by atoms with Gasteiger partial charge in [0.1, 0.15) is 5.75 Å². The molecule has 0 spiro atoms. The Hall–Kier alpha value is -2.23. The number of methoxy groups -OCH3 is 1. The molecule has 4 nitrogen and oxygen atoms in total. The number of hydrogen-bond acceptors (Lipinski definition) is 4. The van der Waals surface area contributed by atoms with E-state index in [0.29, 0.717) is 5.56 Å². The van der Waals surface area contributed by atoms with Crippen molar-refractivity contribution in [2.24, 2.45) is 4.99 Å². The first-order valence-corrected chi connectivity index (χ1v) is 7.56. The first-order valence-electron chi connectivity index (χ1n) is 7.15. The molecule has 1 aliphatic carbocycles. The summed E-state index contributed by atoms with van der Waals surface area (Å²) in [6.07, 6.45) is 1.67. The van der Waals surface area contributed by atoms with Crippen LogP contribution in [-0.4, -0.2) is 30.3 Å².